The van der Waals surface area contributed by atoms with E-state index in [0.717, 1.165) is 17.4 Å². The lowest BCUT2D eigenvalue weighted by atomic mass is 10.0. The molecule has 2 aromatic rings. The molecule has 0 aliphatic carbocycles. The summed E-state index contributed by atoms with van der Waals surface area (Å²) in [5, 5.41) is 10.0. The highest BCUT2D eigenvalue weighted by molar-refractivity contribution is 6.36. The van der Waals surface area contributed by atoms with Gasteiger partial charge < -0.3 is 30.4 Å². The molecule has 13 nitrogen and oxygen atoms in total. The number of carbonyl (C=O) groups excluding carboxylic acids is 5. The SMILES string of the molecule is CCC(CC)CNC(=O)Cn1cccc(NC(=O)C(CCC(=O)C(=O)NC)NC(=O)c2cncn2C)c1=O. The van der Waals surface area contributed by atoms with Gasteiger partial charge in [0.15, 0.2) is 0 Å². The van der Waals surface area contributed by atoms with Crippen molar-refractivity contribution in [2.75, 3.05) is 18.9 Å². The maximum Gasteiger partial charge on any atom is 0.287 e. The molecule has 206 valence electrons. The van der Waals surface area contributed by atoms with Gasteiger partial charge in [0.05, 0.1) is 12.5 Å². The van der Waals surface area contributed by atoms with Gasteiger partial charge in [-0.2, -0.15) is 0 Å². The molecule has 0 radical (unpaired) electrons. The Morgan fingerprint density at radius 1 is 1.11 bits per heavy atom. The molecular formula is C25H35N7O6. The van der Waals surface area contributed by atoms with Crippen LogP contribution >= 0.6 is 0 Å². The van der Waals surface area contributed by atoms with E-state index in [2.05, 4.69) is 26.3 Å². The Hall–Kier alpha value is -4.29. The standard InChI is InChI=1S/C25H35N7O6/c1-5-16(6-2)12-28-21(34)14-32-11-7-8-18(25(32)38)30-22(35)17(9-10-20(33)24(37)26-3)29-23(36)19-13-27-15-31(19)4/h7-8,11,13,15-17H,5-6,9-10,12,14H2,1-4H3,(H,26,37)(H,28,34)(H,29,36)(H,30,35). The molecule has 2 heterocycles. The van der Waals surface area contributed by atoms with Gasteiger partial charge >= 0.3 is 0 Å². The lowest BCUT2D eigenvalue weighted by Gasteiger charge is -2.18. The average Bonchev–Trinajstić information content (AvgIpc) is 3.34. The van der Waals surface area contributed by atoms with E-state index in [1.54, 1.807) is 7.05 Å². The number of hydrogen-bond acceptors (Lipinski definition) is 7. The van der Waals surface area contributed by atoms with Gasteiger partial charge in [0.25, 0.3) is 17.4 Å². The van der Waals surface area contributed by atoms with Crippen LogP contribution in [0.2, 0.25) is 0 Å². The van der Waals surface area contributed by atoms with Crippen LogP contribution in [-0.2, 0) is 32.8 Å². The van der Waals surface area contributed by atoms with Crippen molar-refractivity contribution in [1.82, 2.24) is 30.1 Å². The molecule has 2 aromatic heterocycles. The molecule has 0 fully saturated rings. The predicted molar refractivity (Wildman–Crippen MR) is 139 cm³/mol. The van der Waals surface area contributed by atoms with Crippen molar-refractivity contribution in [3.05, 3.63) is 46.9 Å². The van der Waals surface area contributed by atoms with Crippen LogP contribution in [0.5, 0.6) is 0 Å². The number of likely N-dealkylation sites (N-methyl/N-ethyl adjacent to an activating group) is 1. The second-order valence-corrected chi connectivity index (χ2v) is 8.79. The Bertz CT molecular complexity index is 1210. The molecule has 0 saturated carbocycles. The van der Waals surface area contributed by atoms with E-state index >= 15 is 0 Å². The highest BCUT2D eigenvalue weighted by Gasteiger charge is 2.26. The molecule has 13 heteroatoms. The van der Waals surface area contributed by atoms with E-state index in [-0.39, 0.29) is 36.7 Å². The number of imidazole rings is 1. The van der Waals surface area contributed by atoms with Crippen LogP contribution in [0.25, 0.3) is 0 Å². The van der Waals surface area contributed by atoms with Gasteiger partial charge in [0.1, 0.15) is 24.0 Å². The molecule has 4 N–H and O–H groups in total. The summed E-state index contributed by atoms with van der Waals surface area (Å²) in [5.74, 6) is -2.97. The fourth-order valence-corrected chi connectivity index (χ4v) is 3.63. The number of amides is 4. The fraction of sp³-hybridized carbons (Fsp3) is 0.480. The third-order valence-corrected chi connectivity index (χ3v) is 6.15. The van der Waals surface area contributed by atoms with Crippen LogP contribution < -0.4 is 26.8 Å². The highest BCUT2D eigenvalue weighted by atomic mass is 16.2. The lowest BCUT2D eigenvalue weighted by Crippen LogP contribution is -2.45. The van der Waals surface area contributed by atoms with Gasteiger partial charge in [-0.25, -0.2) is 4.98 Å². The summed E-state index contributed by atoms with van der Waals surface area (Å²) in [7, 11) is 2.90. The zero-order valence-corrected chi connectivity index (χ0v) is 22.1. The topological polar surface area (TPSA) is 173 Å². The number of hydrogen-bond donors (Lipinski definition) is 4. The number of Topliss-reactive ketones (excluding diaryl/α,β-unsaturated/α-hetero) is 1. The van der Waals surface area contributed by atoms with Crippen LogP contribution in [0, 0.1) is 5.92 Å². The van der Waals surface area contributed by atoms with E-state index in [9.17, 15) is 28.8 Å². The van der Waals surface area contributed by atoms with E-state index in [1.165, 1.54) is 42.5 Å². The molecule has 0 saturated heterocycles. The molecule has 1 atom stereocenters. The van der Waals surface area contributed by atoms with Crippen molar-refractivity contribution < 1.29 is 24.0 Å². The monoisotopic (exact) mass is 529 g/mol. The first-order valence-corrected chi connectivity index (χ1v) is 12.4. The number of rotatable bonds is 14. The molecule has 0 spiro atoms. The first-order valence-electron chi connectivity index (χ1n) is 12.4. The molecule has 0 bridgehead atoms. The molecule has 0 aliphatic heterocycles. The Labute approximate surface area is 220 Å². The first-order chi connectivity index (χ1) is 18.1. The zero-order chi connectivity index (χ0) is 28.2. The summed E-state index contributed by atoms with van der Waals surface area (Å²) < 4.78 is 2.61. The fourth-order valence-electron chi connectivity index (χ4n) is 3.63. The summed E-state index contributed by atoms with van der Waals surface area (Å²) in [4.78, 5) is 78.5. The number of aryl methyl sites for hydroxylation is 1. The van der Waals surface area contributed by atoms with Gasteiger partial charge in [-0.3, -0.25) is 28.8 Å². The van der Waals surface area contributed by atoms with Crippen molar-refractivity contribution >= 4 is 35.1 Å². The molecule has 0 aromatic carbocycles. The summed E-state index contributed by atoms with van der Waals surface area (Å²) in [5.41, 5.74) is -0.554. The number of aromatic nitrogens is 3. The minimum atomic E-state index is -1.25. The van der Waals surface area contributed by atoms with E-state index in [4.69, 9.17) is 0 Å². The Kier molecular flexibility index (Phi) is 11.4. The number of anilines is 1. The van der Waals surface area contributed by atoms with E-state index in [0.29, 0.717) is 12.5 Å². The minimum Gasteiger partial charge on any atom is -0.354 e. The first kappa shape index (κ1) is 29.9. The quantitative estimate of drug-likeness (QED) is 0.249. The van der Waals surface area contributed by atoms with Crippen molar-refractivity contribution in [1.29, 1.82) is 0 Å². The zero-order valence-electron chi connectivity index (χ0n) is 22.1. The number of nitrogens with zero attached hydrogens (tertiary/aromatic N) is 3. The number of ketones is 1. The van der Waals surface area contributed by atoms with Crippen molar-refractivity contribution in [3.63, 3.8) is 0 Å². The Morgan fingerprint density at radius 3 is 2.42 bits per heavy atom. The molecule has 38 heavy (non-hydrogen) atoms. The molecule has 2 rings (SSSR count). The van der Waals surface area contributed by atoms with E-state index < -0.39 is 35.1 Å². The normalized spacial score (nSPS) is 11.5. The predicted octanol–water partition coefficient (Wildman–Crippen LogP) is -0.0334. The number of nitrogens with one attached hydrogen (secondary N) is 4. The Morgan fingerprint density at radius 2 is 1.82 bits per heavy atom. The lowest BCUT2D eigenvalue weighted by molar-refractivity contribution is -0.137. The van der Waals surface area contributed by atoms with Crippen molar-refractivity contribution in [2.45, 2.75) is 52.1 Å². The molecular weight excluding hydrogens is 494 g/mol. The van der Waals surface area contributed by atoms with Crippen molar-refractivity contribution in [2.24, 2.45) is 13.0 Å². The number of carbonyl (C=O) groups is 5. The van der Waals surface area contributed by atoms with Crippen LogP contribution in [-0.4, -0.2) is 63.2 Å². The van der Waals surface area contributed by atoms with Gasteiger partial charge in [0, 0.05) is 33.3 Å². The molecule has 0 aliphatic rings. The van der Waals surface area contributed by atoms with Gasteiger partial charge in [-0.15, -0.1) is 0 Å². The maximum absolute atomic E-state index is 13.1. The minimum absolute atomic E-state index is 0.109. The summed E-state index contributed by atoms with van der Waals surface area (Å²) in [6, 6.07) is 1.63. The highest BCUT2D eigenvalue weighted by Crippen LogP contribution is 2.08. The largest absolute Gasteiger partial charge is 0.354 e. The second kappa shape index (κ2) is 14.4. The second-order valence-electron chi connectivity index (χ2n) is 8.79. The third kappa shape index (κ3) is 8.39. The van der Waals surface area contributed by atoms with Gasteiger partial charge in [-0.05, 0) is 24.5 Å². The third-order valence-electron chi connectivity index (χ3n) is 6.15. The average molecular weight is 530 g/mol. The summed E-state index contributed by atoms with van der Waals surface area (Å²) in [6.07, 6.45) is 5.48. The van der Waals surface area contributed by atoms with Crippen LogP contribution in [0.1, 0.15) is 50.0 Å². The smallest absolute Gasteiger partial charge is 0.287 e. The Balaban J connectivity index is 2.16. The molecule has 1 unspecified atom stereocenters. The van der Waals surface area contributed by atoms with Crippen LogP contribution in [0.15, 0.2) is 35.6 Å². The van der Waals surface area contributed by atoms with Crippen LogP contribution in [0.4, 0.5) is 5.69 Å². The number of pyridine rings is 1. The van der Waals surface area contributed by atoms with E-state index in [1.807, 2.05) is 13.8 Å². The molecule has 4 amide bonds. The maximum atomic E-state index is 13.1. The van der Waals surface area contributed by atoms with Gasteiger partial charge in [0.2, 0.25) is 17.6 Å². The summed E-state index contributed by atoms with van der Waals surface area (Å²) in [6.45, 7) is 4.35. The van der Waals surface area contributed by atoms with Crippen LogP contribution in [0.3, 0.4) is 0 Å². The summed E-state index contributed by atoms with van der Waals surface area (Å²) >= 11 is 0. The van der Waals surface area contributed by atoms with Gasteiger partial charge in [-0.1, -0.05) is 26.7 Å². The van der Waals surface area contributed by atoms with Crippen molar-refractivity contribution in [3.8, 4) is 0 Å².